The summed E-state index contributed by atoms with van der Waals surface area (Å²) < 4.78 is 11.5. The van der Waals surface area contributed by atoms with Crippen LogP contribution in [0.15, 0.2) is 48.5 Å². The van der Waals surface area contributed by atoms with Gasteiger partial charge in [0.2, 0.25) is 0 Å². The fourth-order valence-corrected chi connectivity index (χ4v) is 3.31. The Bertz CT molecular complexity index is 1170. The summed E-state index contributed by atoms with van der Waals surface area (Å²) in [5.41, 5.74) is 2.45. The number of carbonyl (C=O) groups excluding carboxylic acids is 3. The van der Waals surface area contributed by atoms with E-state index in [0.29, 0.717) is 11.4 Å². The van der Waals surface area contributed by atoms with Crippen LogP contribution in [0.2, 0.25) is 0 Å². The van der Waals surface area contributed by atoms with Gasteiger partial charge in [-0.05, 0) is 51.1 Å². The lowest BCUT2D eigenvalue weighted by Gasteiger charge is -2.20. The first-order valence-corrected chi connectivity index (χ1v) is 11.0. The number of esters is 1. The number of rotatable bonds is 6. The molecule has 0 aliphatic rings. The van der Waals surface area contributed by atoms with Crippen LogP contribution in [0.1, 0.15) is 20.8 Å². The minimum atomic E-state index is -0.985. The maximum absolute atomic E-state index is 12.6. The zero-order valence-electron chi connectivity index (χ0n) is 19.5. The highest BCUT2D eigenvalue weighted by atomic mass is 32.1. The van der Waals surface area contributed by atoms with Crippen molar-refractivity contribution in [2.75, 3.05) is 25.5 Å². The molecule has 1 aromatic heterocycles. The quantitative estimate of drug-likeness (QED) is 0.240. The summed E-state index contributed by atoms with van der Waals surface area (Å²) in [6.07, 6.45) is 0. The molecule has 0 atom stereocenters. The van der Waals surface area contributed by atoms with E-state index in [9.17, 15) is 14.4 Å². The van der Waals surface area contributed by atoms with Gasteiger partial charge < -0.3 is 25.1 Å². The van der Waals surface area contributed by atoms with Crippen LogP contribution in [-0.2, 0) is 14.3 Å². The van der Waals surface area contributed by atoms with E-state index in [0.717, 1.165) is 26.5 Å². The average Bonchev–Trinajstić information content (AvgIpc) is 3.22. The van der Waals surface area contributed by atoms with Crippen LogP contribution in [0.4, 0.5) is 10.5 Å². The summed E-state index contributed by atoms with van der Waals surface area (Å²) in [6.45, 7) is 5.06. The Kier molecular flexibility index (Phi) is 7.72. The van der Waals surface area contributed by atoms with Crippen molar-refractivity contribution in [3.63, 3.8) is 0 Å². The fraction of sp³-hybridized carbons (Fsp3) is 0.292. The van der Waals surface area contributed by atoms with Crippen LogP contribution in [-0.4, -0.2) is 53.0 Å². The Morgan fingerprint density at radius 2 is 1.82 bits per heavy atom. The number of thiol groups is 1. The van der Waals surface area contributed by atoms with Gasteiger partial charge in [-0.2, -0.15) is 0 Å². The number of aromatic nitrogens is 1. The van der Waals surface area contributed by atoms with E-state index >= 15 is 0 Å². The molecule has 0 saturated carbocycles. The zero-order valence-corrected chi connectivity index (χ0v) is 20.4. The molecule has 3 rings (SSSR count). The maximum atomic E-state index is 12.6. The molecule has 10 heteroatoms. The molecule has 180 valence electrons. The largest absolute Gasteiger partial charge is 0.495 e. The number of nitrogens with one attached hydrogen (secondary N) is 3. The third-order valence-corrected chi connectivity index (χ3v) is 5.09. The van der Waals surface area contributed by atoms with E-state index < -0.39 is 23.5 Å². The van der Waals surface area contributed by atoms with E-state index in [1.54, 1.807) is 32.9 Å². The van der Waals surface area contributed by atoms with Crippen LogP contribution in [0.5, 0.6) is 5.75 Å². The van der Waals surface area contributed by atoms with Crippen molar-refractivity contribution in [1.82, 2.24) is 14.6 Å². The lowest BCUT2D eigenvalue weighted by Crippen LogP contribution is -2.40. The number of benzene rings is 2. The molecule has 0 radical (unpaired) electrons. The number of ether oxygens (including phenoxy) is 2. The molecule has 2 aromatic carbocycles. The minimum absolute atomic E-state index is 0.0151. The predicted molar refractivity (Wildman–Crippen MR) is 134 cm³/mol. The number of aromatic amines is 1. The SMILES string of the molecule is COc1ccc(-c2cc3ccccc3[nH]2)cc1NC(=O)N(S)CCNC(=O)C(=O)OC(C)(C)C. The summed E-state index contributed by atoms with van der Waals surface area (Å²) >= 11 is 4.18. The zero-order chi connectivity index (χ0) is 24.9. The van der Waals surface area contributed by atoms with Crippen molar-refractivity contribution in [2.24, 2.45) is 0 Å². The molecule has 0 aliphatic carbocycles. The van der Waals surface area contributed by atoms with Gasteiger partial charge in [-0.25, -0.2) is 9.59 Å². The molecule has 3 amide bonds. The smallest absolute Gasteiger partial charge is 0.397 e. The van der Waals surface area contributed by atoms with Crippen LogP contribution < -0.4 is 15.4 Å². The number of H-pyrrole nitrogens is 1. The van der Waals surface area contributed by atoms with Gasteiger partial charge in [-0.15, -0.1) is 0 Å². The number of fused-ring (bicyclic) bond motifs is 1. The normalized spacial score (nSPS) is 11.1. The van der Waals surface area contributed by atoms with Crippen LogP contribution in [0.3, 0.4) is 0 Å². The molecule has 0 saturated heterocycles. The fourth-order valence-electron chi connectivity index (χ4n) is 3.16. The first-order chi connectivity index (χ1) is 16.1. The highest BCUT2D eigenvalue weighted by Crippen LogP contribution is 2.32. The molecule has 0 spiro atoms. The number of anilines is 1. The van der Waals surface area contributed by atoms with Gasteiger partial charge in [0.15, 0.2) is 0 Å². The molecular formula is C24H28N4O5S. The van der Waals surface area contributed by atoms with Crippen molar-refractivity contribution < 1.29 is 23.9 Å². The van der Waals surface area contributed by atoms with Crippen LogP contribution in [0.25, 0.3) is 22.2 Å². The number of hydrogen-bond acceptors (Lipinski definition) is 6. The summed E-state index contributed by atoms with van der Waals surface area (Å²) in [7, 11) is 1.51. The van der Waals surface area contributed by atoms with Gasteiger partial charge in [0.1, 0.15) is 11.4 Å². The lowest BCUT2D eigenvalue weighted by atomic mass is 10.1. The first kappa shape index (κ1) is 25.0. The summed E-state index contributed by atoms with van der Waals surface area (Å²) in [6, 6.07) is 14.9. The second-order valence-electron chi connectivity index (χ2n) is 8.50. The molecule has 0 aliphatic heterocycles. The van der Waals surface area contributed by atoms with Gasteiger partial charge in [-0.1, -0.05) is 31.0 Å². The molecule has 9 nitrogen and oxygen atoms in total. The lowest BCUT2D eigenvalue weighted by molar-refractivity contribution is -0.163. The average molecular weight is 485 g/mol. The molecule has 0 bridgehead atoms. The Hall–Kier alpha value is -3.66. The molecule has 3 aromatic rings. The predicted octanol–water partition coefficient (Wildman–Crippen LogP) is 3.98. The number of nitrogens with zero attached hydrogens (tertiary/aromatic N) is 1. The minimum Gasteiger partial charge on any atom is -0.495 e. The van der Waals surface area contributed by atoms with Crippen molar-refractivity contribution in [3.8, 4) is 17.0 Å². The van der Waals surface area contributed by atoms with E-state index in [2.05, 4.69) is 28.4 Å². The maximum Gasteiger partial charge on any atom is 0.397 e. The van der Waals surface area contributed by atoms with E-state index in [-0.39, 0.29) is 13.1 Å². The molecular weight excluding hydrogens is 456 g/mol. The van der Waals surface area contributed by atoms with Crippen molar-refractivity contribution >= 4 is 47.3 Å². The van der Waals surface area contributed by atoms with Gasteiger partial charge in [0.05, 0.1) is 19.3 Å². The number of methoxy groups -OCH3 is 1. The number of amides is 3. The molecule has 0 fully saturated rings. The third-order valence-electron chi connectivity index (χ3n) is 4.71. The van der Waals surface area contributed by atoms with E-state index in [1.807, 2.05) is 36.4 Å². The van der Waals surface area contributed by atoms with Crippen LogP contribution >= 0.6 is 12.8 Å². The Balaban J connectivity index is 1.62. The van der Waals surface area contributed by atoms with E-state index in [4.69, 9.17) is 9.47 Å². The van der Waals surface area contributed by atoms with Crippen LogP contribution in [0, 0.1) is 0 Å². The second kappa shape index (κ2) is 10.5. The second-order valence-corrected chi connectivity index (χ2v) is 8.98. The number of carbonyl (C=O) groups is 3. The van der Waals surface area contributed by atoms with Gasteiger partial charge in [0.25, 0.3) is 0 Å². The number of hydrogen-bond donors (Lipinski definition) is 4. The van der Waals surface area contributed by atoms with Gasteiger partial charge in [0, 0.05) is 28.7 Å². The number of para-hydroxylation sites is 1. The van der Waals surface area contributed by atoms with Gasteiger partial charge >= 0.3 is 17.9 Å². The Labute approximate surface area is 203 Å². The monoisotopic (exact) mass is 484 g/mol. The van der Waals surface area contributed by atoms with Crippen molar-refractivity contribution in [3.05, 3.63) is 48.5 Å². The van der Waals surface area contributed by atoms with Crippen molar-refractivity contribution in [2.45, 2.75) is 26.4 Å². The third kappa shape index (κ3) is 6.44. The van der Waals surface area contributed by atoms with E-state index in [1.165, 1.54) is 7.11 Å². The molecule has 0 unspecified atom stereocenters. The molecule has 3 N–H and O–H groups in total. The topological polar surface area (TPSA) is 113 Å². The molecule has 34 heavy (non-hydrogen) atoms. The Morgan fingerprint density at radius 3 is 2.50 bits per heavy atom. The summed E-state index contributed by atoms with van der Waals surface area (Å²) in [4.78, 5) is 39.6. The summed E-state index contributed by atoms with van der Waals surface area (Å²) in [5.74, 6) is -1.39. The highest BCUT2D eigenvalue weighted by Gasteiger charge is 2.23. The highest BCUT2D eigenvalue weighted by molar-refractivity contribution is 7.78. The van der Waals surface area contributed by atoms with Gasteiger partial charge in [-0.3, -0.25) is 9.10 Å². The summed E-state index contributed by atoms with van der Waals surface area (Å²) in [5, 5.41) is 6.25. The first-order valence-electron chi connectivity index (χ1n) is 10.6. The van der Waals surface area contributed by atoms with Crippen molar-refractivity contribution in [1.29, 1.82) is 0 Å². The Morgan fingerprint density at radius 1 is 1.09 bits per heavy atom. The molecule has 1 heterocycles. The number of urea groups is 1. The standard InChI is InChI=1S/C24H28N4O5S/c1-24(2,3)33-22(30)21(29)25-11-12-28(34)23(31)27-19-14-16(9-10-20(19)32-4)18-13-15-7-5-6-8-17(15)26-18/h5-10,13-14,26,34H,11-12H2,1-4H3,(H,25,29)(H,27,31).